The number of fused-ring (bicyclic) bond motifs is 1. The summed E-state index contributed by atoms with van der Waals surface area (Å²) in [6.45, 7) is 2.04. The highest BCUT2D eigenvalue weighted by Gasteiger charge is 2.27. The van der Waals surface area contributed by atoms with Crippen LogP contribution in [-0.2, 0) is 4.79 Å². The van der Waals surface area contributed by atoms with E-state index in [1.54, 1.807) is 4.90 Å². The highest BCUT2D eigenvalue weighted by molar-refractivity contribution is 5.96. The molecule has 1 atom stereocenters. The number of hydrogen-bond donors (Lipinski definition) is 1. The number of benzene rings is 1. The molecule has 1 aliphatic rings. The Morgan fingerprint density at radius 2 is 2.20 bits per heavy atom. The highest BCUT2D eigenvalue weighted by atomic mass is 16.2. The van der Waals surface area contributed by atoms with Crippen molar-refractivity contribution in [1.29, 1.82) is 0 Å². The molecule has 1 unspecified atom stereocenters. The average Bonchev–Trinajstić information content (AvgIpc) is 2.23. The Morgan fingerprint density at radius 3 is 2.87 bits per heavy atom. The first-order valence-corrected chi connectivity index (χ1v) is 5.18. The maximum absolute atomic E-state index is 11.7. The molecule has 0 saturated heterocycles. The van der Waals surface area contributed by atoms with Crippen molar-refractivity contribution in [3.05, 3.63) is 29.3 Å². The van der Waals surface area contributed by atoms with Crippen molar-refractivity contribution >= 4 is 11.6 Å². The van der Waals surface area contributed by atoms with E-state index >= 15 is 0 Å². The standard InChI is InChI=1S/C12H16N2O/c1-8-4-5-9-10(13-2)7-12(15)14(3)11(9)6-8/h4-6,10,13H,7H2,1-3H3. The van der Waals surface area contributed by atoms with Crippen molar-refractivity contribution in [2.24, 2.45) is 0 Å². The first-order valence-electron chi connectivity index (χ1n) is 5.18. The number of nitrogens with one attached hydrogen (secondary N) is 1. The number of anilines is 1. The van der Waals surface area contributed by atoms with Crippen LogP contribution in [0.2, 0.25) is 0 Å². The van der Waals surface area contributed by atoms with Crippen molar-refractivity contribution in [2.45, 2.75) is 19.4 Å². The average molecular weight is 204 g/mol. The van der Waals surface area contributed by atoms with E-state index in [4.69, 9.17) is 0 Å². The van der Waals surface area contributed by atoms with Gasteiger partial charge < -0.3 is 10.2 Å². The molecular formula is C12H16N2O. The quantitative estimate of drug-likeness (QED) is 0.754. The van der Waals surface area contributed by atoms with Gasteiger partial charge in [0, 0.05) is 25.2 Å². The van der Waals surface area contributed by atoms with Gasteiger partial charge in [-0.15, -0.1) is 0 Å². The molecule has 1 aromatic rings. The molecule has 15 heavy (non-hydrogen) atoms. The molecule has 0 fully saturated rings. The smallest absolute Gasteiger partial charge is 0.228 e. The minimum absolute atomic E-state index is 0.157. The molecule has 3 nitrogen and oxygen atoms in total. The van der Waals surface area contributed by atoms with Gasteiger partial charge in [-0.3, -0.25) is 4.79 Å². The van der Waals surface area contributed by atoms with Crippen LogP contribution < -0.4 is 10.2 Å². The third-order valence-electron chi connectivity index (χ3n) is 3.02. The summed E-state index contributed by atoms with van der Waals surface area (Å²) in [7, 11) is 3.74. The van der Waals surface area contributed by atoms with Crippen molar-refractivity contribution < 1.29 is 4.79 Å². The first kappa shape index (κ1) is 10.2. The number of amides is 1. The number of rotatable bonds is 1. The Balaban J connectivity index is 2.53. The number of carbonyl (C=O) groups excluding carboxylic acids is 1. The third-order valence-corrected chi connectivity index (χ3v) is 3.02. The number of aryl methyl sites for hydroxylation is 1. The molecule has 0 saturated carbocycles. The minimum Gasteiger partial charge on any atom is -0.315 e. The van der Waals surface area contributed by atoms with E-state index in [2.05, 4.69) is 23.5 Å². The highest BCUT2D eigenvalue weighted by Crippen LogP contribution is 2.33. The lowest BCUT2D eigenvalue weighted by Crippen LogP contribution is -2.36. The molecular weight excluding hydrogens is 188 g/mol. The summed E-state index contributed by atoms with van der Waals surface area (Å²) in [6.07, 6.45) is 0.545. The van der Waals surface area contributed by atoms with Crippen LogP contribution in [0.1, 0.15) is 23.6 Å². The van der Waals surface area contributed by atoms with Gasteiger partial charge in [-0.25, -0.2) is 0 Å². The molecule has 0 spiro atoms. The van der Waals surface area contributed by atoms with E-state index in [9.17, 15) is 4.79 Å². The normalized spacial score (nSPS) is 20.3. The summed E-state index contributed by atoms with van der Waals surface area (Å²) in [5.41, 5.74) is 3.43. The van der Waals surface area contributed by atoms with E-state index in [1.807, 2.05) is 21.0 Å². The molecule has 1 amide bonds. The maximum atomic E-state index is 11.7. The molecule has 1 aromatic carbocycles. The molecule has 80 valence electrons. The Kier molecular flexibility index (Phi) is 2.49. The number of nitrogens with zero attached hydrogens (tertiary/aromatic N) is 1. The van der Waals surface area contributed by atoms with Crippen LogP contribution >= 0.6 is 0 Å². The molecule has 0 aliphatic carbocycles. The van der Waals surface area contributed by atoms with Gasteiger partial charge in [0.15, 0.2) is 0 Å². The Labute approximate surface area is 90.1 Å². The second-order valence-corrected chi connectivity index (χ2v) is 4.06. The maximum Gasteiger partial charge on any atom is 0.228 e. The summed E-state index contributed by atoms with van der Waals surface area (Å²) in [5.74, 6) is 0.174. The molecule has 0 aromatic heterocycles. The van der Waals surface area contributed by atoms with Crippen LogP contribution in [0, 0.1) is 6.92 Å². The van der Waals surface area contributed by atoms with Crippen molar-refractivity contribution in [1.82, 2.24) is 5.32 Å². The van der Waals surface area contributed by atoms with Crippen LogP contribution in [-0.4, -0.2) is 20.0 Å². The summed E-state index contributed by atoms with van der Waals surface area (Å²) in [6, 6.07) is 6.42. The Hall–Kier alpha value is -1.35. The summed E-state index contributed by atoms with van der Waals surface area (Å²) >= 11 is 0. The third kappa shape index (κ3) is 1.63. The van der Waals surface area contributed by atoms with Crippen LogP contribution in [0.3, 0.4) is 0 Å². The first-order chi connectivity index (χ1) is 7.13. The molecule has 2 rings (SSSR count). The van der Waals surface area contributed by atoms with Gasteiger partial charge in [0.2, 0.25) is 5.91 Å². The monoisotopic (exact) mass is 204 g/mol. The Morgan fingerprint density at radius 1 is 1.47 bits per heavy atom. The van der Waals surface area contributed by atoms with Crippen LogP contribution in [0.15, 0.2) is 18.2 Å². The van der Waals surface area contributed by atoms with E-state index in [-0.39, 0.29) is 11.9 Å². The molecule has 1 N–H and O–H groups in total. The second-order valence-electron chi connectivity index (χ2n) is 4.06. The van der Waals surface area contributed by atoms with Gasteiger partial charge in [0.05, 0.1) is 0 Å². The van der Waals surface area contributed by atoms with Gasteiger partial charge in [0.25, 0.3) is 0 Å². The van der Waals surface area contributed by atoms with Crippen LogP contribution in [0.5, 0.6) is 0 Å². The minimum atomic E-state index is 0.157. The van der Waals surface area contributed by atoms with E-state index < -0.39 is 0 Å². The number of carbonyl (C=O) groups is 1. The SMILES string of the molecule is CNC1CC(=O)N(C)c2cc(C)ccc21. The van der Waals surface area contributed by atoms with Crippen molar-refractivity contribution in [2.75, 3.05) is 19.0 Å². The van der Waals surface area contributed by atoms with E-state index in [0.717, 1.165) is 5.69 Å². The lowest BCUT2D eigenvalue weighted by Gasteiger charge is -2.31. The fourth-order valence-electron chi connectivity index (χ4n) is 2.05. The summed E-state index contributed by atoms with van der Waals surface area (Å²) in [5, 5.41) is 3.18. The van der Waals surface area contributed by atoms with Crippen molar-refractivity contribution in [3.63, 3.8) is 0 Å². The van der Waals surface area contributed by atoms with E-state index in [1.165, 1.54) is 11.1 Å². The lowest BCUT2D eigenvalue weighted by molar-refractivity contribution is -0.119. The number of hydrogen-bond acceptors (Lipinski definition) is 2. The summed E-state index contributed by atoms with van der Waals surface area (Å²) in [4.78, 5) is 13.5. The van der Waals surface area contributed by atoms with Gasteiger partial charge in [-0.2, -0.15) is 0 Å². The fourth-order valence-corrected chi connectivity index (χ4v) is 2.05. The summed E-state index contributed by atoms with van der Waals surface area (Å²) < 4.78 is 0. The van der Waals surface area contributed by atoms with Gasteiger partial charge in [-0.1, -0.05) is 12.1 Å². The largest absolute Gasteiger partial charge is 0.315 e. The van der Waals surface area contributed by atoms with Crippen LogP contribution in [0.25, 0.3) is 0 Å². The predicted molar refractivity (Wildman–Crippen MR) is 61.0 cm³/mol. The zero-order valence-electron chi connectivity index (χ0n) is 9.37. The lowest BCUT2D eigenvalue weighted by atomic mass is 9.95. The van der Waals surface area contributed by atoms with Gasteiger partial charge >= 0.3 is 0 Å². The Bertz CT molecular complexity index is 401. The van der Waals surface area contributed by atoms with E-state index in [0.29, 0.717) is 6.42 Å². The van der Waals surface area contributed by atoms with Crippen molar-refractivity contribution in [3.8, 4) is 0 Å². The second kappa shape index (κ2) is 3.66. The zero-order chi connectivity index (χ0) is 11.0. The molecule has 1 aliphatic heterocycles. The van der Waals surface area contributed by atoms with Gasteiger partial charge in [-0.05, 0) is 31.2 Å². The van der Waals surface area contributed by atoms with Gasteiger partial charge in [0.1, 0.15) is 0 Å². The molecule has 0 bridgehead atoms. The predicted octanol–water partition coefficient (Wildman–Crippen LogP) is 1.62. The molecule has 1 heterocycles. The fraction of sp³-hybridized carbons (Fsp3) is 0.417. The topological polar surface area (TPSA) is 32.3 Å². The van der Waals surface area contributed by atoms with Crippen LogP contribution in [0.4, 0.5) is 5.69 Å². The molecule has 3 heteroatoms. The zero-order valence-corrected chi connectivity index (χ0v) is 9.37. The molecule has 0 radical (unpaired) electrons.